The molecule has 2 amide bonds. The summed E-state index contributed by atoms with van der Waals surface area (Å²) < 4.78 is 19.3. The summed E-state index contributed by atoms with van der Waals surface area (Å²) in [6.07, 6.45) is 1.61. The van der Waals surface area contributed by atoms with E-state index in [9.17, 15) is 18.8 Å². The van der Waals surface area contributed by atoms with Crippen molar-refractivity contribution in [2.24, 2.45) is 0 Å². The lowest BCUT2D eigenvalue weighted by Gasteiger charge is -2.12. The molecule has 0 unspecified atom stereocenters. The summed E-state index contributed by atoms with van der Waals surface area (Å²) in [7, 11) is 0. The van der Waals surface area contributed by atoms with Gasteiger partial charge in [0.25, 0.3) is 11.1 Å². The summed E-state index contributed by atoms with van der Waals surface area (Å²) in [6.45, 7) is 0.0645. The summed E-state index contributed by atoms with van der Waals surface area (Å²) in [5.74, 6) is -0.960. The predicted octanol–water partition coefficient (Wildman–Crippen LogP) is 7.20. The maximum Gasteiger partial charge on any atom is 0.344 e. The molecule has 4 aromatic rings. The Morgan fingerprint density at radius 1 is 0.972 bits per heavy atom. The van der Waals surface area contributed by atoms with Crippen LogP contribution in [0, 0.1) is 5.82 Å². The lowest BCUT2D eigenvalue weighted by molar-refractivity contribution is -0.123. The van der Waals surface area contributed by atoms with E-state index in [0.29, 0.717) is 26.9 Å². The molecule has 1 heterocycles. The molecule has 5 nitrogen and oxygen atoms in total. The number of hydrogen-bond acceptors (Lipinski definition) is 5. The molecule has 0 aliphatic carbocycles. The molecule has 178 valence electrons. The molecule has 0 aromatic heterocycles. The SMILES string of the molecule is O=C(Oc1ccc(/C=C2\SC(=O)N(Cc3ccc(F)cc3)C2=O)cc1Br)c1cccc2ccccc12. The van der Waals surface area contributed by atoms with Gasteiger partial charge in [-0.1, -0.05) is 54.6 Å². The molecule has 0 saturated carbocycles. The molecule has 0 atom stereocenters. The number of fused-ring (bicyclic) bond motifs is 1. The molecule has 1 aliphatic rings. The van der Waals surface area contributed by atoms with Crippen molar-refractivity contribution in [2.45, 2.75) is 6.54 Å². The third-order valence-electron chi connectivity index (χ3n) is 5.59. The third kappa shape index (κ3) is 4.96. The average molecular weight is 562 g/mol. The van der Waals surface area contributed by atoms with Crippen molar-refractivity contribution in [3.63, 3.8) is 0 Å². The van der Waals surface area contributed by atoms with E-state index in [1.807, 2.05) is 30.3 Å². The first kappa shape index (κ1) is 24.0. The Kier molecular flexibility index (Phi) is 6.71. The van der Waals surface area contributed by atoms with E-state index >= 15 is 0 Å². The van der Waals surface area contributed by atoms with Crippen LogP contribution < -0.4 is 4.74 Å². The number of carbonyl (C=O) groups is 3. The monoisotopic (exact) mass is 561 g/mol. The van der Waals surface area contributed by atoms with E-state index < -0.39 is 17.1 Å². The molecule has 1 aliphatic heterocycles. The van der Waals surface area contributed by atoms with E-state index in [1.54, 1.807) is 36.4 Å². The van der Waals surface area contributed by atoms with Crippen LogP contribution in [0.4, 0.5) is 9.18 Å². The van der Waals surface area contributed by atoms with E-state index in [-0.39, 0.29) is 17.3 Å². The Hall–Kier alpha value is -3.75. The Labute approximate surface area is 218 Å². The number of amides is 2. The van der Waals surface area contributed by atoms with E-state index in [4.69, 9.17) is 4.74 Å². The van der Waals surface area contributed by atoms with Crippen molar-refractivity contribution in [1.29, 1.82) is 0 Å². The fourth-order valence-electron chi connectivity index (χ4n) is 3.81. The number of esters is 1. The topological polar surface area (TPSA) is 63.7 Å². The van der Waals surface area contributed by atoms with Gasteiger partial charge in [0, 0.05) is 0 Å². The van der Waals surface area contributed by atoms with Crippen LogP contribution in [0.2, 0.25) is 0 Å². The van der Waals surface area contributed by atoms with Gasteiger partial charge in [-0.2, -0.15) is 0 Å². The van der Waals surface area contributed by atoms with Crippen LogP contribution in [-0.4, -0.2) is 22.0 Å². The van der Waals surface area contributed by atoms with Gasteiger partial charge in [-0.05, 0) is 86.0 Å². The van der Waals surface area contributed by atoms with Gasteiger partial charge in [0.1, 0.15) is 11.6 Å². The molecule has 1 fully saturated rings. The molecule has 36 heavy (non-hydrogen) atoms. The number of carbonyl (C=O) groups excluding carboxylic acids is 3. The normalized spacial score (nSPS) is 14.6. The number of hydrogen-bond donors (Lipinski definition) is 0. The molecule has 4 aromatic carbocycles. The van der Waals surface area contributed by atoms with Gasteiger partial charge < -0.3 is 4.74 Å². The first-order chi connectivity index (χ1) is 17.4. The van der Waals surface area contributed by atoms with Crippen LogP contribution in [-0.2, 0) is 11.3 Å². The van der Waals surface area contributed by atoms with Crippen LogP contribution in [0.15, 0.2) is 94.3 Å². The van der Waals surface area contributed by atoms with E-state index in [2.05, 4.69) is 15.9 Å². The molecule has 5 rings (SSSR count). The van der Waals surface area contributed by atoms with Gasteiger partial charge in [-0.25, -0.2) is 9.18 Å². The highest BCUT2D eigenvalue weighted by Gasteiger charge is 2.35. The second-order valence-electron chi connectivity index (χ2n) is 8.00. The van der Waals surface area contributed by atoms with Crippen molar-refractivity contribution < 1.29 is 23.5 Å². The van der Waals surface area contributed by atoms with Crippen LogP contribution >= 0.6 is 27.7 Å². The Morgan fingerprint density at radius 3 is 2.50 bits per heavy atom. The zero-order chi connectivity index (χ0) is 25.2. The Bertz CT molecular complexity index is 1550. The fourth-order valence-corrected chi connectivity index (χ4v) is 5.12. The van der Waals surface area contributed by atoms with Crippen molar-refractivity contribution in [2.75, 3.05) is 0 Å². The van der Waals surface area contributed by atoms with Crippen LogP contribution in [0.5, 0.6) is 5.75 Å². The summed E-state index contributed by atoms with van der Waals surface area (Å²) >= 11 is 4.27. The van der Waals surface area contributed by atoms with Crippen LogP contribution in [0.25, 0.3) is 16.8 Å². The zero-order valence-corrected chi connectivity index (χ0v) is 21.0. The molecule has 8 heteroatoms. The number of thioether (sulfide) groups is 1. The van der Waals surface area contributed by atoms with E-state index in [0.717, 1.165) is 27.4 Å². The van der Waals surface area contributed by atoms with Crippen molar-refractivity contribution >= 4 is 61.7 Å². The Morgan fingerprint density at radius 2 is 1.72 bits per heavy atom. The molecule has 0 bridgehead atoms. The van der Waals surface area contributed by atoms with Gasteiger partial charge in [-0.15, -0.1) is 0 Å². The highest BCUT2D eigenvalue weighted by molar-refractivity contribution is 9.10. The van der Waals surface area contributed by atoms with Gasteiger partial charge in [-0.3, -0.25) is 14.5 Å². The molecule has 0 spiro atoms. The molecular weight excluding hydrogens is 545 g/mol. The first-order valence-corrected chi connectivity index (χ1v) is 12.5. The van der Waals surface area contributed by atoms with Gasteiger partial charge in [0.15, 0.2) is 0 Å². The molecule has 0 N–H and O–H groups in total. The highest BCUT2D eigenvalue weighted by atomic mass is 79.9. The Balaban J connectivity index is 1.32. The first-order valence-electron chi connectivity index (χ1n) is 10.9. The second-order valence-corrected chi connectivity index (χ2v) is 9.85. The summed E-state index contributed by atoms with van der Waals surface area (Å²) in [5, 5.41) is 1.35. The average Bonchev–Trinajstić information content (AvgIpc) is 3.13. The molecule has 1 saturated heterocycles. The van der Waals surface area contributed by atoms with Crippen molar-refractivity contribution in [3.05, 3.63) is 117 Å². The van der Waals surface area contributed by atoms with Gasteiger partial charge in [0.2, 0.25) is 0 Å². The van der Waals surface area contributed by atoms with E-state index in [1.165, 1.54) is 24.3 Å². The number of imide groups is 1. The minimum atomic E-state index is -0.484. The number of ether oxygens (including phenoxy) is 1. The highest BCUT2D eigenvalue weighted by Crippen LogP contribution is 2.35. The lowest BCUT2D eigenvalue weighted by atomic mass is 10.0. The second kappa shape index (κ2) is 10.1. The summed E-state index contributed by atoms with van der Waals surface area (Å²) in [4.78, 5) is 39.5. The largest absolute Gasteiger partial charge is 0.422 e. The smallest absolute Gasteiger partial charge is 0.344 e. The zero-order valence-electron chi connectivity index (χ0n) is 18.6. The summed E-state index contributed by atoms with van der Waals surface area (Å²) in [6, 6.07) is 23.7. The quantitative estimate of drug-likeness (QED) is 0.146. The summed E-state index contributed by atoms with van der Waals surface area (Å²) in [5.41, 5.74) is 1.76. The lowest BCUT2D eigenvalue weighted by Crippen LogP contribution is -2.27. The molecule has 0 radical (unpaired) electrons. The third-order valence-corrected chi connectivity index (χ3v) is 7.12. The van der Waals surface area contributed by atoms with Crippen molar-refractivity contribution in [1.82, 2.24) is 4.90 Å². The maximum atomic E-state index is 13.1. The van der Waals surface area contributed by atoms with Crippen molar-refractivity contribution in [3.8, 4) is 5.75 Å². The maximum absolute atomic E-state index is 13.1. The standard InChI is InChI=1S/C28H17BrFNO4S/c29-23-14-18(15-25-26(32)31(28(34)36-25)16-17-8-11-20(30)12-9-17)10-13-24(23)35-27(33)22-7-3-5-19-4-1-2-6-21(19)22/h1-15H,16H2/b25-15-. The molecular formula is C28H17BrFNO4S. The fraction of sp³-hybridized carbons (Fsp3) is 0.0357. The van der Waals surface area contributed by atoms with Gasteiger partial charge >= 0.3 is 5.97 Å². The van der Waals surface area contributed by atoms with Gasteiger partial charge in [0.05, 0.1) is 21.5 Å². The van der Waals surface area contributed by atoms with Crippen LogP contribution in [0.3, 0.4) is 0 Å². The minimum absolute atomic E-state index is 0.0645. The number of benzene rings is 4. The van der Waals surface area contributed by atoms with Crippen LogP contribution in [0.1, 0.15) is 21.5 Å². The number of rotatable bonds is 5. The minimum Gasteiger partial charge on any atom is -0.422 e. The predicted molar refractivity (Wildman–Crippen MR) is 141 cm³/mol. The number of nitrogens with zero attached hydrogens (tertiary/aromatic N) is 1. The number of halogens is 2.